The van der Waals surface area contributed by atoms with Crippen molar-refractivity contribution in [3.63, 3.8) is 0 Å². The van der Waals surface area contributed by atoms with Gasteiger partial charge < -0.3 is 10.4 Å². The predicted octanol–water partition coefficient (Wildman–Crippen LogP) is 6.56. The van der Waals surface area contributed by atoms with E-state index in [9.17, 15) is 15.2 Å². The van der Waals surface area contributed by atoms with Gasteiger partial charge in [-0.2, -0.15) is 0 Å². The smallest absolute Gasteiger partial charge is 0.228 e. The van der Waals surface area contributed by atoms with Gasteiger partial charge in [0.2, 0.25) is 5.78 Å². The van der Waals surface area contributed by atoms with Gasteiger partial charge >= 0.3 is 0 Å². The molecule has 4 saturated carbocycles. The molecule has 0 saturated heterocycles. The van der Waals surface area contributed by atoms with E-state index in [4.69, 9.17) is 0 Å². The Bertz CT molecular complexity index is 790. The number of carbonyl (C=O) groups is 1. The van der Waals surface area contributed by atoms with Gasteiger partial charge in [-0.05, 0) is 84.9 Å². The number of carbonyl (C=O) groups excluding carboxylic acids is 1. The molecule has 0 spiro atoms. The topological polar surface area (TPSA) is 82.2 Å². The van der Waals surface area contributed by atoms with Crippen LogP contribution < -0.4 is 0 Å². The Morgan fingerprint density at radius 3 is 2.31 bits per heavy atom. The molecule has 0 aliphatic heterocycles. The number of hydrogen-bond donors (Lipinski definition) is 2. The minimum atomic E-state index is -0.368. The molecule has 4 aliphatic carbocycles. The van der Waals surface area contributed by atoms with Gasteiger partial charge in [0, 0.05) is 12.3 Å². The zero-order valence-corrected chi connectivity index (χ0v) is 20.8. The molecule has 0 bridgehead atoms. The molecule has 5 nitrogen and oxygen atoms in total. The minimum absolute atomic E-state index is 0.0248. The molecule has 4 fully saturated rings. The highest BCUT2D eigenvalue weighted by Gasteiger charge is 2.62. The predicted molar refractivity (Wildman–Crippen MR) is 127 cm³/mol. The zero-order valence-electron chi connectivity index (χ0n) is 20.8. The van der Waals surface area contributed by atoms with Gasteiger partial charge in [-0.15, -0.1) is 0 Å². The van der Waals surface area contributed by atoms with E-state index in [2.05, 4.69) is 44.9 Å². The van der Waals surface area contributed by atoms with E-state index >= 15 is 0 Å². The first kappa shape index (κ1) is 23.8. The normalized spacial score (nSPS) is 45.1. The van der Waals surface area contributed by atoms with Crippen LogP contribution in [0.5, 0.6) is 0 Å². The number of fused-ring (bicyclic) bond motifs is 5. The van der Waals surface area contributed by atoms with Crippen LogP contribution in [0.4, 0.5) is 0 Å². The maximum atomic E-state index is 12.6. The van der Waals surface area contributed by atoms with Crippen LogP contribution in [-0.4, -0.2) is 27.6 Å². The fraction of sp³-hybridized carbons (Fsp3) is 0.889. The Morgan fingerprint density at radius 1 is 0.938 bits per heavy atom. The lowest BCUT2D eigenvalue weighted by Gasteiger charge is -2.60. The highest BCUT2D eigenvalue weighted by atomic mass is 16.4. The summed E-state index contributed by atoms with van der Waals surface area (Å²) in [7, 11) is 0. The average Bonchev–Trinajstić information content (AvgIpc) is 3.10. The Kier molecular flexibility index (Phi) is 6.50. The SMILES string of the molecule is CC(C)CCCC(C)C1CCC2C3CCC4C(=NO)C(=O)C(=NO)CC4(C)C3CCC12C. The molecule has 0 aromatic heterocycles. The number of ketones is 1. The minimum Gasteiger partial charge on any atom is -0.411 e. The van der Waals surface area contributed by atoms with Crippen molar-refractivity contribution in [3.8, 4) is 0 Å². The molecule has 0 aromatic rings. The Morgan fingerprint density at radius 2 is 1.66 bits per heavy atom. The van der Waals surface area contributed by atoms with Gasteiger partial charge in [-0.3, -0.25) is 4.79 Å². The van der Waals surface area contributed by atoms with Crippen molar-refractivity contribution in [3.05, 3.63) is 0 Å². The van der Waals surface area contributed by atoms with Crippen LogP contribution in [-0.2, 0) is 4.79 Å². The van der Waals surface area contributed by atoms with E-state index in [0.717, 1.165) is 36.5 Å². The largest absolute Gasteiger partial charge is 0.411 e. The van der Waals surface area contributed by atoms with Crippen molar-refractivity contribution in [2.45, 2.75) is 98.8 Å². The maximum absolute atomic E-state index is 12.6. The van der Waals surface area contributed by atoms with Gasteiger partial charge in [0.25, 0.3) is 0 Å². The third-order valence-electron chi connectivity index (χ3n) is 10.7. The third kappa shape index (κ3) is 3.62. The first-order valence-corrected chi connectivity index (χ1v) is 13.1. The van der Waals surface area contributed by atoms with E-state index in [1.165, 1.54) is 44.9 Å². The van der Waals surface area contributed by atoms with Crippen molar-refractivity contribution in [1.82, 2.24) is 0 Å². The number of Topliss-reactive ketones (excluding diaryl/α,β-unsaturated/α-hetero) is 1. The Balaban J connectivity index is 1.55. The highest BCUT2D eigenvalue weighted by molar-refractivity contribution is 6.67. The zero-order chi connectivity index (χ0) is 23.3. The van der Waals surface area contributed by atoms with Crippen LogP contribution in [0.1, 0.15) is 98.8 Å². The third-order valence-corrected chi connectivity index (χ3v) is 10.7. The van der Waals surface area contributed by atoms with E-state index in [1.807, 2.05) is 0 Å². The molecule has 0 amide bonds. The summed E-state index contributed by atoms with van der Waals surface area (Å²) >= 11 is 0. The summed E-state index contributed by atoms with van der Waals surface area (Å²) in [6.07, 6.45) is 11.7. The average molecular weight is 445 g/mol. The number of hydrogen-bond acceptors (Lipinski definition) is 5. The van der Waals surface area contributed by atoms with Crippen molar-refractivity contribution in [2.24, 2.45) is 62.6 Å². The number of oxime groups is 2. The second-order valence-corrected chi connectivity index (χ2v) is 12.6. The van der Waals surface area contributed by atoms with Crippen LogP contribution in [0, 0.1) is 52.3 Å². The number of rotatable bonds is 5. The first-order valence-electron chi connectivity index (χ1n) is 13.1. The van der Waals surface area contributed by atoms with Gasteiger partial charge in [0.1, 0.15) is 11.4 Å². The maximum Gasteiger partial charge on any atom is 0.228 e. The van der Waals surface area contributed by atoms with Crippen LogP contribution in [0.3, 0.4) is 0 Å². The van der Waals surface area contributed by atoms with Crippen LogP contribution in [0.2, 0.25) is 0 Å². The first-order chi connectivity index (χ1) is 15.2. The molecule has 32 heavy (non-hydrogen) atoms. The van der Waals surface area contributed by atoms with Crippen molar-refractivity contribution in [1.29, 1.82) is 0 Å². The molecule has 0 radical (unpaired) electrons. The summed E-state index contributed by atoms with van der Waals surface area (Å²) < 4.78 is 0. The molecule has 0 aromatic carbocycles. The summed E-state index contributed by atoms with van der Waals surface area (Å²) in [6.45, 7) is 12.0. The lowest BCUT2D eigenvalue weighted by Crippen LogP contribution is -2.58. The monoisotopic (exact) mass is 444 g/mol. The molecule has 5 heteroatoms. The molecule has 4 rings (SSSR count). The van der Waals surface area contributed by atoms with Crippen LogP contribution in [0.25, 0.3) is 0 Å². The van der Waals surface area contributed by atoms with E-state index in [-0.39, 0.29) is 28.5 Å². The Labute approximate surface area is 194 Å². The van der Waals surface area contributed by atoms with Gasteiger partial charge in [0.05, 0.1) is 0 Å². The van der Waals surface area contributed by atoms with Gasteiger partial charge in [-0.25, -0.2) is 0 Å². The molecule has 4 aliphatic rings. The fourth-order valence-electron chi connectivity index (χ4n) is 9.13. The van der Waals surface area contributed by atoms with Crippen LogP contribution >= 0.6 is 0 Å². The molecular weight excluding hydrogens is 400 g/mol. The summed E-state index contributed by atoms with van der Waals surface area (Å²) in [5.41, 5.74) is 0.658. The van der Waals surface area contributed by atoms with Crippen molar-refractivity contribution >= 4 is 17.2 Å². The summed E-state index contributed by atoms with van der Waals surface area (Å²) in [5.74, 6) is 3.92. The summed E-state index contributed by atoms with van der Waals surface area (Å²) in [4.78, 5) is 12.6. The molecule has 0 heterocycles. The van der Waals surface area contributed by atoms with E-state index in [0.29, 0.717) is 23.7 Å². The molecule has 8 unspecified atom stereocenters. The summed E-state index contributed by atoms with van der Waals surface area (Å²) in [5, 5.41) is 25.9. The second kappa shape index (κ2) is 8.76. The number of nitrogens with zero attached hydrogens (tertiary/aromatic N) is 2. The lowest BCUT2D eigenvalue weighted by molar-refractivity contribution is -0.113. The van der Waals surface area contributed by atoms with E-state index in [1.54, 1.807) is 0 Å². The lowest BCUT2D eigenvalue weighted by atomic mass is 9.44. The van der Waals surface area contributed by atoms with Crippen LogP contribution in [0.15, 0.2) is 10.3 Å². The Hall–Kier alpha value is -1.39. The standard InChI is InChI=1S/C27H44N2O3/c1-16(2)7-6-8-17(3)19-11-12-20-18-9-10-22-24(29-32)25(30)23(28-31)15-27(22,5)21(18)13-14-26(19,20)4/h16-22,31-32H,6-15H2,1-5H3. The molecule has 2 N–H and O–H groups in total. The molecular formula is C27H44N2O3. The highest BCUT2D eigenvalue weighted by Crippen LogP contribution is 2.67. The van der Waals surface area contributed by atoms with Crippen molar-refractivity contribution < 1.29 is 15.2 Å². The fourth-order valence-corrected chi connectivity index (χ4v) is 9.13. The van der Waals surface area contributed by atoms with Gasteiger partial charge in [0.15, 0.2) is 0 Å². The van der Waals surface area contributed by atoms with Crippen molar-refractivity contribution in [2.75, 3.05) is 0 Å². The molecule has 8 atom stereocenters. The second-order valence-electron chi connectivity index (χ2n) is 12.6. The quantitative estimate of drug-likeness (QED) is 0.372. The van der Waals surface area contributed by atoms with Gasteiger partial charge in [-0.1, -0.05) is 64.2 Å². The van der Waals surface area contributed by atoms with E-state index < -0.39 is 0 Å². The molecule has 180 valence electrons. The summed E-state index contributed by atoms with van der Waals surface area (Å²) in [6, 6.07) is 0.